The van der Waals surface area contributed by atoms with Crippen molar-refractivity contribution in [3.05, 3.63) is 58.1 Å². The highest BCUT2D eigenvalue weighted by Crippen LogP contribution is 2.47. The van der Waals surface area contributed by atoms with E-state index in [0.29, 0.717) is 6.54 Å². The molecule has 0 saturated carbocycles. The van der Waals surface area contributed by atoms with Crippen molar-refractivity contribution < 1.29 is 39.0 Å². The molecule has 0 aromatic heterocycles. The number of phenols is 2. The molecule has 5 rings (SSSR count). The van der Waals surface area contributed by atoms with Crippen molar-refractivity contribution in [2.45, 2.75) is 30.4 Å². The van der Waals surface area contributed by atoms with Gasteiger partial charge in [-0.3, -0.25) is 19.0 Å². The number of carboxylic acids is 1. The lowest BCUT2D eigenvalue weighted by molar-refractivity contribution is -0.887. The van der Waals surface area contributed by atoms with Gasteiger partial charge in [0.15, 0.2) is 17.2 Å². The first-order valence-corrected chi connectivity index (χ1v) is 12.8. The first-order chi connectivity index (χ1) is 17.3. The number of nitrogens with zero attached hydrogens (tertiary/aromatic N) is 3. The summed E-state index contributed by atoms with van der Waals surface area (Å²) in [5.41, 5.74) is 9.30. The summed E-state index contributed by atoms with van der Waals surface area (Å²) in [5, 5.41) is 34.2. The van der Waals surface area contributed by atoms with E-state index in [9.17, 15) is 29.7 Å². The molecule has 1 aromatic carbocycles. The van der Waals surface area contributed by atoms with E-state index in [2.05, 4.69) is 5.16 Å². The van der Waals surface area contributed by atoms with Gasteiger partial charge in [-0.25, -0.2) is 4.79 Å². The quantitative estimate of drug-likeness (QED) is 0.0986. The largest absolute Gasteiger partial charge is 0.504 e. The number of ketones is 1. The molecule has 0 spiro atoms. The average molecular weight is 549 g/mol. The van der Waals surface area contributed by atoms with E-state index in [1.54, 1.807) is 10.3 Å². The minimum absolute atomic E-state index is 0.0189. The fourth-order valence-electron chi connectivity index (χ4n) is 3.88. The van der Waals surface area contributed by atoms with Gasteiger partial charge in [0.2, 0.25) is 16.9 Å². The van der Waals surface area contributed by atoms with Gasteiger partial charge >= 0.3 is 5.97 Å². The van der Waals surface area contributed by atoms with Crippen LogP contribution in [0.5, 0.6) is 11.5 Å². The number of carboxylic acid groups (broad SMARTS) is 1. The number of fused-ring (bicyclic) bond motifs is 2. The predicted molar refractivity (Wildman–Crippen MR) is 138 cm³/mol. The van der Waals surface area contributed by atoms with Gasteiger partial charge in [-0.2, -0.15) is 0 Å². The van der Waals surface area contributed by atoms with Crippen LogP contribution in [0, 0.1) is 0 Å². The molecule has 7 N–H and O–H groups in total. The van der Waals surface area contributed by atoms with Crippen molar-refractivity contribution in [2.24, 2.45) is 16.6 Å². The van der Waals surface area contributed by atoms with Crippen LogP contribution in [0.15, 0.2) is 57.7 Å². The van der Waals surface area contributed by atoms with Crippen LogP contribution in [0.1, 0.15) is 24.2 Å². The number of Topliss-reactive ketones (excluding diaryl/α,β-unsaturated/α-hetero) is 1. The van der Waals surface area contributed by atoms with Gasteiger partial charge in [0.1, 0.15) is 18.6 Å². The molecule has 2 bridgehead atoms. The highest BCUT2D eigenvalue weighted by atomic mass is 32.2. The number of benzene rings is 1. The molecular weight excluding hydrogens is 522 g/mol. The molecule has 4 heterocycles. The van der Waals surface area contributed by atoms with Crippen LogP contribution in [0.3, 0.4) is 0 Å². The highest BCUT2D eigenvalue weighted by molar-refractivity contribution is 8.04. The van der Waals surface area contributed by atoms with Crippen LogP contribution in [-0.2, 0) is 14.4 Å². The molecule has 14 heteroatoms. The van der Waals surface area contributed by atoms with Gasteiger partial charge in [-0.15, -0.1) is 0 Å². The summed E-state index contributed by atoms with van der Waals surface area (Å²) in [5.74, 6) is -3.24. The number of carbonyl (C=O) groups is 3. The summed E-state index contributed by atoms with van der Waals surface area (Å²) in [6, 6.07) is 3.88. The highest BCUT2D eigenvalue weighted by Gasteiger charge is 2.51. The van der Waals surface area contributed by atoms with E-state index in [1.165, 1.54) is 55.6 Å². The zero-order valence-electron chi connectivity index (χ0n) is 19.9. The molecule has 4 aliphatic heterocycles. The monoisotopic (exact) mass is 548 g/mol. The average Bonchev–Trinajstić information content (AvgIpc) is 3.21. The normalized spacial score (nSPS) is 25.1. The van der Waals surface area contributed by atoms with Gasteiger partial charge in [0.25, 0.3) is 5.91 Å². The summed E-state index contributed by atoms with van der Waals surface area (Å²) >= 11 is 2.65. The number of hydrogen-bond donors (Lipinski definition) is 5. The van der Waals surface area contributed by atoms with Gasteiger partial charge in [0, 0.05) is 22.0 Å². The molecule has 3 atom stereocenters. The van der Waals surface area contributed by atoms with Crippen molar-refractivity contribution in [2.75, 3.05) is 13.1 Å². The lowest BCUT2D eigenvalue weighted by atomic mass is 10.1. The second kappa shape index (κ2) is 9.78. The van der Waals surface area contributed by atoms with Crippen LogP contribution in [0.4, 0.5) is 0 Å². The third kappa shape index (κ3) is 5.05. The molecule has 1 amide bonds. The number of nitrogens with two attached hydrogens (primary N) is 2. The number of oxime groups is 1. The Bertz CT molecular complexity index is 1290. The molecule has 12 nitrogen and oxygen atoms in total. The van der Waals surface area contributed by atoms with Crippen molar-refractivity contribution in [3.63, 3.8) is 0 Å². The van der Waals surface area contributed by atoms with Crippen LogP contribution in [0.25, 0.3) is 0 Å². The Labute approximate surface area is 220 Å². The number of phenolic OH excluding ortho intramolecular Hbond substituents is 2. The molecule has 4 aliphatic rings. The molecule has 1 aromatic rings. The lowest BCUT2D eigenvalue weighted by Crippen LogP contribution is -2.64. The smallest absolute Gasteiger partial charge is 0.350 e. The maximum Gasteiger partial charge on any atom is 0.350 e. The van der Waals surface area contributed by atoms with Gasteiger partial charge < -0.3 is 31.6 Å². The Kier molecular flexibility index (Phi) is 7.03. The Morgan fingerprint density at radius 3 is 2.59 bits per heavy atom. The van der Waals surface area contributed by atoms with E-state index >= 15 is 0 Å². The van der Waals surface area contributed by atoms with Crippen LogP contribution >= 0.6 is 23.5 Å². The van der Waals surface area contributed by atoms with Gasteiger partial charge in [-0.05, 0) is 49.9 Å². The fraction of sp³-hybridized carbons (Fsp3) is 0.304. The Morgan fingerprint density at radius 1 is 1.27 bits per heavy atom. The van der Waals surface area contributed by atoms with Crippen molar-refractivity contribution in [1.82, 2.24) is 4.90 Å². The molecule has 0 saturated heterocycles. The summed E-state index contributed by atoms with van der Waals surface area (Å²) in [4.78, 5) is 44.9. The van der Waals surface area contributed by atoms with Crippen LogP contribution in [0.2, 0.25) is 0 Å². The minimum atomic E-state index is -1.72. The number of thioether (sulfide) groups is 2. The van der Waals surface area contributed by atoms with Crippen LogP contribution < -0.4 is 11.5 Å². The first kappa shape index (κ1) is 26.6. The maximum absolute atomic E-state index is 13.3. The minimum Gasteiger partial charge on any atom is -0.504 e. The molecule has 196 valence electrons. The second-order valence-corrected chi connectivity index (χ2v) is 11.2. The number of rotatable bonds is 9. The summed E-state index contributed by atoms with van der Waals surface area (Å²) in [6.07, 6.45) is 5.77. The third-order valence-electron chi connectivity index (χ3n) is 6.05. The number of quaternary nitrogens is 1. The van der Waals surface area contributed by atoms with Crippen LogP contribution in [-0.4, -0.2) is 77.8 Å². The molecule has 0 fully saturated rings. The van der Waals surface area contributed by atoms with Crippen molar-refractivity contribution in [1.29, 1.82) is 0 Å². The van der Waals surface area contributed by atoms with E-state index in [-0.39, 0.29) is 39.5 Å². The first-order valence-electron chi connectivity index (χ1n) is 11.0. The Hall–Kier alpha value is -3.46. The van der Waals surface area contributed by atoms with E-state index < -0.39 is 34.2 Å². The fourth-order valence-corrected chi connectivity index (χ4v) is 6.17. The SMILES string of the molecule is CC(C)(ON=C(C(N)=O)C1=CSC(N)N1C1SC2=CC[N+]1(CC(=O)c1ccc(O)c(O)c1)C=C2)C(=O)O. The number of allylic oxidation sites excluding steroid dienone is 1. The molecular formula is C23H26N5O7S2+. The summed E-state index contributed by atoms with van der Waals surface area (Å²) < 4.78 is 0.105. The topological polar surface area (TPSA) is 189 Å². The maximum atomic E-state index is 13.3. The van der Waals surface area contributed by atoms with E-state index in [4.69, 9.17) is 16.3 Å². The Balaban J connectivity index is 1.68. The number of aliphatic carboxylic acids is 1. The number of carbonyl (C=O) groups excluding carboxylic acids is 2. The number of amides is 1. The van der Waals surface area contributed by atoms with E-state index in [1.807, 2.05) is 18.4 Å². The zero-order valence-corrected chi connectivity index (χ0v) is 21.5. The van der Waals surface area contributed by atoms with Gasteiger partial charge in [-0.1, -0.05) is 16.9 Å². The predicted octanol–water partition coefficient (Wildman–Crippen LogP) is 1.39. The second-order valence-electron chi connectivity index (χ2n) is 9.08. The Morgan fingerprint density at radius 2 is 2.00 bits per heavy atom. The van der Waals surface area contributed by atoms with E-state index in [0.717, 1.165) is 4.91 Å². The summed E-state index contributed by atoms with van der Waals surface area (Å²) in [6.45, 7) is 3.00. The zero-order chi connectivity index (χ0) is 27.1. The van der Waals surface area contributed by atoms with Gasteiger partial charge in [0.05, 0.1) is 11.9 Å². The molecule has 3 unspecified atom stereocenters. The third-order valence-corrected chi connectivity index (χ3v) is 8.35. The standard InChI is InChI=1S/C23H25N5O7S2/c1-23(2,20(33)34)35-26-18(19(24)32)14-11-36-21(25)27(14)22-28(7-5-13(37-22)6-8-28)10-17(31)12-3-4-15(29)16(30)9-12/h3-7,9,11,21-22H,8,10,25H2,1-2H3,(H4-,24,26,29,30,31,32,33,34)/p+1. The number of primary amides is 1. The molecule has 37 heavy (non-hydrogen) atoms. The number of aromatic hydroxyl groups is 2. The lowest BCUT2D eigenvalue weighted by Gasteiger charge is -2.50. The summed E-state index contributed by atoms with van der Waals surface area (Å²) in [7, 11) is 0. The molecule has 0 radical (unpaired) electrons. The number of hydrogen-bond acceptors (Lipinski definition) is 11. The van der Waals surface area contributed by atoms with Crippen molar-refractivity contribution in [3.8, 4) is 11.5 Å². The van der Waals surface area contributed by atoms with Crippen molar-refractivity contribution >= 4 is 46.9 Å². The molecule has 0 aliphatic carbocycles.